The van der Waals surface area contributed by atoms with Gasteiger partial charge in [-0.1, -0.05) is 101 Å². The number of fused-ring (bicyclic) bond motifs is 4. The van der Waals surface area contributed by atoms with Gasteiger partial charge in [-0.25, -0.2) is 0 Å². The van der Waals surface area contributed by atoms with Crippen LogP contribution in [0.2, 0.25) is 20.1 Å². The highest BCUT2D eigenvalue weighted by Crippen LogP contribution is 2.58. The van der Waals surface area contributed by atoms with Gasteiger partial charge in [0.25, 0.3) is 0 Å². The molecule has 0 fully saturated rings. The number of carbonyl (C=O) groups excluding carboxylic acids is 1. The van der Waals surface area contributed by atoms with E-state index in [0.29, 0.717) is 11.1 Å². The Balaban J connectivity index is 1.85. The first-order valence-corrected chi connectivity index (χ1v) is 10.4. The molecule has 3 aromatic carbocycles. The Morgan fingerprint density at radius 3 is 2.14 bits per heavy atom. The smallest absolute Gasteiger partial charge is 0.197 e. The summed E-state index contributed by atoms with van der Waals surface area (Å²) in [6, 6.07) is 16.9. The Morgan fingerprint density at radius 1 is 0.793 bits per heavy atom. The van der Waals surface area contributed by atoms with Crippen LogP contribution in [-0.4, -0.2) is 11.9 Å². The fraction of sp³-hybridized carbons (Fsp3) is 0.136. The lowest BCUT2D eigenvalue weighted by atomic mass is 9.71. The van der Waals surface area contributed by atoms with Gasteiger partial charge in [0.2, 0.25) is 0 Å². The first-order valence-electron chi connectivity index (χ1n) is 8.85. The number of carbonyl (C=O) groups is 1. The molecule has 0 spiro atoms. The Hall–Kier alpha value is -1.91. The van der Waals surface area contributed by atoms with Crippen molar-refractivity contribution >= 4 is 52.2 Å². The summed E-state index contributed by atoms with van der Waals surface area (Å²) in [6.45, 7) is 0. The second-order valence-electron chi connectivity index (χ2n) is 6.90. The highest BCUT2D eigenvalue weighted by molar-refractivity contribution is 6.53. The largest absolute Gasteiger partial charge is 0.479 e. The third-order valence-corrected chi connectivity index (χ3v) is 7.13. The fourth-order valence-corrected chi connectivity index (χ4v) is 4.97. The van der Waals surface area contributed by atoms with Crippen molar-refractivity contribution < 1.29 is 14.3 Å². The molecule has 3 aromatic rings. The number of hydrogen-bond acceptors (Lipinski definition) is 3. The van der Waals surface area contributed by atoms with Crippen molar-refractivity contribution in [2.24, 2.45) is 0 Å². The Kier molecular flexibility index (Phi) is 4.48. The molecule has 1 heterocycles. The summed E-state index contributed by atoms with van der Waals surface area (Å²) in [6.07, 6.45) is -0.551. The average Bonchev–Trinajstić information content (AvgIpc) is 2.76. The van der Waals surface area contributed by atoms with E-state index in [2.05, 4.69) is 0 Å². The maximum absolute atomic E-state index is 12.9. The minimum absolute atomic E-state index is 0.0357. The fourth-order valence-electron chi connectivity index (χ4n) is 4.07. The van der Waals surface area contributed by atoms with Crippen molar-refractivity contribution in [2.75, 3.05) is 0 Å². The van der Waals surface area contributed by atoms with Gasteiger partial charge in [-0.2, -0.15) is 0 Å². The topological polar surface area (TPSA) is 35.5 Å². The molecule has 0 saturated carbocycles. The molecule has 29 heavy (non-hydrogen) atoms. The van der Waals surface area contributed by atoms with Crippen LogP contribution >= 0.6 is 46.4 Å². The molecule has 0 unspecified atom stereocenters. The van der Waals surface area contributed by atoms with Gasteiger partial charge in [0.1, 0.15) is 10.0 Å². The van der Waals surface area contributed by atoms with Crippen molar-refractivity contribution in [1.82, 2.24) is 0 Å². The highest BCUT2D eigenvalue weighted by atomic mass is 35.5. The van der Waals surface area contributed by atoms with E-state index in [1.54, 1.807) is 6.07 Å². The van der Waals surface area contributed by atoms with E-state index < -0.39 is 11.7 Å². The molecule has 2 aliphatic rings. The van der Waals surface area contributed by atoms with E-state index in [-0.39, 0.29) is 43.8 Å². The number of halogens is 4. The van der Waals surface area contributed by atoms with Crippen LogP contribution in [0.4, 0.5) is 0 Å². The first-order chi connectivity index (χ1) is 13.9. The summed E-state index contributed by atoms with van der Waals surface area (Å²) >= 11 is 25.3. The molecular formula is C22H12Cl4O3. The van der Waals surface area contributed by atoms with Crippen LogP contribution in [0.1, 0.15) is 27.9 Å². The van der Waals surface area contributed by atoms with Crippen molar-refractivity contribution in [3.63, 3.8) is 0 Å². The third kappa shape index (κ3) is 2.62. The van der Waals surface area contributed by atoms with Crippen molar-refractivity contribution in [1.29, 1.82) is 0 Å². The molecule has 2 atom stereocenters. The second kappa shape index (κ2) is 6.82. The minimum atomic E-state index is -1.09. The van der Waals surface area contributed by atoms with Gasteiger partial charge in [0, 0.05) is 16.7 Å². The molecule has 0 radical (unpaired) electrons. The zero-order chi connectivity index (χ0) is 20.3. The van der Waals surface area contributed by atoms with Crippen LogP contribution in [0.15, 0.2) is 54.6 Å². The van der Waals surface area contributed by atoms with Crippen LogP contribution in [0, 0.1) is 0 Å². The van der Waals surface area contributed by atoms with Crippen LogP contribution < -0.4 is 9.47 Å². The lowest BCUT2D eigenvalue weighted by molar-refractivity contribution is -0.0483. The van der Waals surface area contributed by atoms with Gasteiger partial charge in [-0.05, 0) is 0 Å². The van der Waals surface area contributed by atoms with Crippen molar-refractivity contribution in [3.05, 3.63) is 91.4 Å². The van der Waals surface area contributed by atoms with E-state index in [9.17, 15) is 4.79 Å². The number of benzene rings is 3. The molecule has 0 N–H and O–H groups in total. The van der Waals surface area contributed by atoms with Gasteiger partial charge in [0.15, 0.2) is 29.0 Å². The normalized spacial score (nSPS) is 22.1. The van der Waals surface area contributed by atoms with Gasteiger partial charge >= 0.3 is 0 Å². The van der Waals surface area contributed by atoms with E-state index in [4.69, 9.17) is 55.9 Å². The summed E-state index contributed by atoms with van der Waals surface area (Å²) in [4.78, 5) is 12.9. The second-order valence-corrected chi connectivity index (χ2v) is 8.41. The molecule has 0 amide bonds. The lowest BCUT2D eigenvalue weighted by Gasteiger charge is -2.48. The Bertz CT molecular complexity index is 1160. The summed E-state index contributed by atoms with van der Waals surface area (Å²) in [7, 11) is 0. The van der Waals surface area contributed by atoms with Crippen molar-refractivity contribution in [3.8, 4) is 11.5 Å². The molecule has 7 heteroatoms. The Labute approximate surface area is 187 Å². The zero-order valence-corrected chi connectivity index (χ0v) is 17.7. The standard InChI is InChI=1S/C22H12Cl4O3/c23-16-17(24)19(26)21-20(18(16)25)28-15-10-14(27)12-8-4-5-9-13(12)22(15,29-21)11-6-2-1-3-7-11/h1-9,15H,10H2/t15-,22+/m0/s1. The van der Waals surface area contributed by atoms with Gasteiger partial charge in [-0.3, -0.25) is 4.79 Å². The van der Waals surface area contributed by atoms with E-state index >= 15 is 0 Å². The summed E-state index contributed by atoms with van der Waals surface area (Å²) in [5, 5.41) is 0.376. The zero-order valence-electron chi connectivity index (χ0n) is 14.7. The number of ether oxygens (including phenoxy) is 2. The van der Waals surface area contributed by atoms with E-state index in [0.717, 1.165) is 5.56 Å². The highest BCUT2D eigenvalue weighted by Gasteiger charge is 2.55. The lowest BCUT2D eigenvalue weighted by Crippen LogP contribution is -2.55. The van der Waals surface area contributed by atoms with Gasteiger partial charge in [0.05, 0.1) is 16.5 Å². The maximum atomic E-state index is 12.9. The molecular weight excluding hydrogens is 454 g/mol. The molecule has 0 aromatic heterocycles. The van der Waals surface area contributed by atoms with Crippen LogP contribution in [0.25, 0.3) is 0 Å². The van der Waals surface area contributed by atoms with Crippen LogP contribution in [0.5, 0.6) is 11.5 Å². The van der Waals surface area contributed by atoms with Crippen molar-refractivity contribution in [2.45, 2.75) is 18.1 Å². The third-order valence-electron chi connectivity index (χ3n) is 5.36. The number of ketones is 1. The maximum Gasteiger partial charge on any atom is 0.197 e. The molecule has 1 aliphatic carbocycles. The predicted octanol–water partition coefficient (Wildman–Crippen LogP) is 6.97. The monoisotopic (exact) mass is 464 g/mol. The molecule has 3 nitrogen and oxygen atoms in total. The Morgan fingerprint density at radius 2 is 1.41 bits per heavy atom. The molecule has 5 rings (SSSR count). The minimum Gasteiger partial charge on any atom is -0.479 e. The van der Waals surface area contributed by atoms with E-state index in [1.165, 1.54) is 0 Å². The molecule has 0 saturated heterocycles. The summed E-state index contributed by atoms with van der Waals surface area (Å²) in [5.74, 6) is 0.358. The summed E-state index contributed by atoms with van der Waals surface area (Å²) in [5.41, 5.74) is 1.02. The van der Waals surface area contributed by atoms with Gasteiger partial charge in [-0.15, -0.1) is 0 Å². The quantitative estimate of drug-likeness (QED) is 0.287. The predicted molar refractivity (Wildman–Crippen MR) is 114 cm³/mol. The average molecular weight is 466 g/mol. The van der Waals surface area contributed by atoms with Crippen LogP contribution in [0.3, 0.4) is 0 Å². The molecule has 1 aliphatic heterocycles. The number of hydrogen-bond donors (Lipinski definition) is 0. The molecule has 146 valence electrons. The van der Waals surface area contributed by atoms with Crippen LogP contribution in [-0.2, 0) is 5.60 Å². The number of Topliss-reactive ketones (excluding diaryl/α,β-unsaturated/α-hetero) is 1. The molecule has 0 bridgehead atoms. The summed E-state index contributed by atoms with van der Waals surface area (Å²) < 4.78 is 12.9. The SMILES string of the molecule is O=C1C[C@@H]2Oc3c(Cl)c(Cl)c(Cl)c(Cl)c3O[C@]2(c2ccccc2)c2ccccc21. The number of rotatable bonds is 1. The van der Waals surface area contributed by atoms with Gasteiger partial charge < -0.3 is 9.47 Å². The first kappa shape index (κ1) is 19.1. The van der Waals surface area contributed by atoms with E-state index in [1.807, 2.05) is 48.5 Å².